The molecule has 82 heavy (non-hydrogen) atoms. The molecule has 1 atom stereocenters. The topological polar surface area (TPSA) is 78.9 Å². The lowest BCUT2D eigenvalue weighted by Gasteiger charge is -2.18. The fourth-order valence-corrected chi connectivity index (χ4v) is 11.6. The van der Waals surface area contributed by atoms with Crippen molar-refractivity contribution in [1.29, 1.82) is 0 Å². The van der Waals surface area contributed by atoms with Gasteiger partial charge in [0, 0.05) is 19.3 Å². The minimum atomic E-state index is -0.774. The summed E-state index contributed by atoms with van der Waals surface area (Å²) >= 11 is 0. The van der Waals surface area contributed by atoms with Gasteiger partial charge in [-0.3, -0.25) is 14.4 Å². The van der Waals surface area contributed by atoms with Crippen molar-refractivity contribution >= 4 is 17.9 Å². The van der Waals surface area contributed by atoms with E-state index < -0.39 is 6.10 Å². The van der Waals surface area contributed by atoms with Crippen LogP contribution in [0.1, 0.15) is 425 Å². The molecule has 0 bridgehead atoms. The second-order valence-electron chi connectivity index (χ2n) is 25.6. The normalized spacial score (nSPS) is 12.1. The first-order valence-electron chi connectivity index (χ1n) is 37.3. The Morgan fingerprint density at radius 2 is 0.439 bits per heavy atom. The molecular weight excluding hydrogens is 1010 g/mol. The van der Waals surface area contributed by atoms with Crippen molar-refractivity contribution in [1.82, 2.24) is 0 Å². The van der Waals surface area contributed by atoms with Gasteiger partial charge in [-0.05, 0) is 51.4 Å². The van der Waals surface area contributed by atoms with E-state index in [1.807, 2.05) is 0 Å². The Bertz CT molecular complexity index is 1320. The molecule has 0 N–H and O–H groups in total. The number of carbonyl (C=O) groups excluding carboxylic acids is 3. The number of rotatable bonds is 70. The van der Waals surface area contributed by atoms with E-state index in [1.165, 1.54) is 308 Å². The fraction of sp³-hybridized carbons (Fsp3) is 0.908. The van der Waals surface area contributed by atoms with E-state index in [9.17, 15) is 14.4 Å². The predicted octanol–water partition coefficient (Wildman–Crippen LogP) is 25.7. The molecule has 0 saturated carbocycles. The average molecular weight is 1150 g/mol. The third-order valence-electron chi connectivity index (χ3n) is 17.2. The minimum Gasteiger partial charge on any atom is -0.462 e. The molecule has 0 saturated heterocycles. The monoisotopic (exact) mass is 1150 g/mol. The molecule has 0 heterocycles. The van der Waals surface area contributed by atoms with Gasteiger partial charge in [-0.1, -0.05) is 379 Å². The molecule has 0 fully saturated rings. The van der Waals surface area contributed by atoms with E-state index in [4.69, 9.17) is 14.2 Å². The average Bonchev–Trinajstić information content (AvgIpc) is 3.48. The van der Waals surface area contributed by atoms with E-state index in [2.05, 4.69) is 45.1 Å². The van der Waals surface area contributed by atoms with Crippen LogP contribution in [0, 0.1) is 0 Å². The van der Waals surface area contributed by atoms with Crippen LogP contribution < -0.4 is 0 Å². The first kappa shape index (κ1) is 79.9. The van der Waals surface area contributed by atoms with Crippen molar-refractivity contribution in [3.05, 3.63) is 24.3 Å². The first-order chi connectivity index (χ1) is 40.5. The molecule has 0 aromatic rings. The van der Waals surface area contributed by atoms with Gasteiger partial charge in [0.2, 0.25) is 0 Å². The lowest BCUT2D eigenvalue weighted by Crippen LogP contribution is -2.30. The van der Waals surface area contributed by atoms with E-state index in [-0.39, 0.29) is 31.1 Å². The summed E-state index contributed by atoms with van der Waals surface area (Å²) in [6, 6.07) is 0. The van der Waals surface area contributed by atoms with Gasteiger partial charge in [-0.15, -0.1) is 0 Å². The van der Waals surface area contributed by atoms with Crippen LogP contribution >= 0.6 is 0 Å². The number of hydrogen-bond acceptors (Lipinski definition) is 6. The van der Waals surface area contributed by atoms with Gasteiger partial charge in [0.05, 0.1) is 0 Å². The SMILES string of the molecule is CCCCC/C=C\C/C=C\CCCCCCCC(=O)OCC(COC(=O)CCCCCCCCCCCCCCCCCCCCCCCCCCCCCCCCCC)OC(=O)CCCCCCCCCCCCCCCCCCC. The lowest BCUT2D eigenvalue weighted by atomic mass is 10.0. The Hall–Kier alpha value is -2.11. The van der Waals surface area contributed by atoms with Gasteiger partial charge in [0.25, 0.3) is 0 Å². The summed E-state index contributed by atoms with van der Waals surface area (Å²) in [5, 5.41) is 0. The quantitative estimate of drug-likeness (QED) is 0.0261. The summed E-state index contributed by atoms with van der Waals surface area (Å²) in [6.07, 6.45) is 88.1. The van der Waals surface area contributed by atoms with Gasteiger partial charge in [0.1, 0.15) is 13.2 Å². The third-order valence-corrected chi connectivity index (χ3v) is 17.2. The summed E-state index contributed by atoms with van der Waals surface area (Å²) in [6.45, 7) is 6.69. The maximum atomic E-state index is 12.9. The highest BCUT2D eigenvalue weighted by Gasteiger charge is 2.20. The number of hydrogen-bond donors (Lipinski definition) is 0. The van der Waals surface area contributed by atoms with Crippen molar-refractivity contribution in [3.8, 4) is 0 Å². The van der Waals surface area contributed by atoms with Gasteiger partial charge >= 0.3 is 17.9 Å². The molecule has 0 spiro atoms. The van der Waals surface area contributed by atoms with Crippen LogP contribution in [0.25, 0.3) is 0 Å². The van der Waals surface area contributed by atoms with Crippen molar-refractivity contribution in [2.75, 3.05) is 13.2 Å². The summed E-state index contributed by atoms with van der Waals surface area (Å²) in [5.41, 5.74) is 0. The van der Waals surface area contributed by atoms with Crippen LogP contribution in [0.3, 0.4) is 0 Å². The van der Waals surface area contributed by atoms with Crippen LogP contribution in [0.2, 0.25) is 0 Å². The maximum Gasteiger partial charge on any atom is 0.306 e. The van der Waals surface area contributed by atoms with Crippen molar-refractivity contribution in [2.24, 2.45) is 0 Å². The van der Waals surface area contributed by atoms with Crippen LogP contribution in [-0.4, -0.2) is 37.2 Å². The fourth-order valence-electron chi connectivity index (χ4n) is 11.6. The van der Waals surface area contributed by atoms with Crippen LogP contribution in [-0.2, 0) is 28.6 Å². The zero-order chi connectivity index (χ0) is 59.2. The zero-order valence-corrected chi connectivity index (χ0v) is 55.8. The molecule has 0 aliphatic carbocycles. The third kappa shape index (κ3) is 68.7. The summed E-state index contributed by atoms with van der Waals surface area (Å²) in [4.78, 5) is 38.4. The number of carbonyl (C=O) groups is 3. The standard InChI is InChI=1S/C76H144O6/c1-4-7-10-13-16-19-22-25-28-30-31-32-33-34-35-36-37-38-39-40-41-42-43-44-46-48-51-54-57-60-63-66-69-75(78)81-72-73(71-80-74(77)68-65-62-59-56-53-50-47-27-24-21-18-15-12-9-6-3)82-76(79)70-67-64-61-58-55-52-49-45-29-26-23-20-17-14-11-8-5-2/h18,21,27,47,73H,4-17,19-20,22-26,28-46,48-72H2,1-3H3/b21-18-,47-27-. The molecule has 6 heteroatoms. The zero-order valence-electron chi connectivity index (χ0n) is 55.8. The summed E-state index contributed by atoms with van der Waals surface area (Å²) in [5.74, 6) is -0.850. The highest BCUT2D eigenvalue weighted by Crippen LogP contribution is 2.19. The maximum absolute atomic E-state index is 12.9. The minimum absolute atomic E-state index is 0.0692. The Morgan fingerprint density at radius 3 is 0.695 bits per heavy atom. The van der Waals surface area contributed by atoms with E-state index in [0.717, 1.165) is 77.0 Å². The molecule has 6 nitrogen and oxygen atoms in total. The second kappa shape index (κ2) is 71.4. The highest BCUT2D eigenvalue weighted by molar-refractivity contribution is 5.71. The Kier molecular flexibility index (Phi) is 69.5. The van der Waals surface area contributed by atoms with Crippen LogP contribution in [0.5, 0.6) is 0 Å². The molecule has 0 aromatic heterocycles. The molecule has 484 valence electrons. The molecule has 0 aliphatic heterocycles. The van der Waals surface area contributed by atoms with Crippen LogP contribution in [0.15, 0.2) is 24.3 Å². The lowest BCUT2D eigenvalue weighted by molar-refractivity contribution is -0.167. The largest absolute Gasteiger partial charge is 0.462 e. The van der Waals surface area contributed by atoms with Gasteiger partial charge in [-0.25, -0.2) is 0 Å². The van der Waals surface area contributed by atoms with Crippen molar-refractivity contribution in [3.63, 3.8) is 0 Å². The van der Waals surface area contributed by atoms with E-state index in [0.29, 0.717) is 19.3 Å². The van der Waals surface area contributed by atoms with Gasteiger partial charge in [0.15, 0.2) is 6.10 Å². The number of ether oxygens (including phenoxy) is 3. The summed E-state index contributed by atoms with van der Waals surface area (Å²) < 4.78 is 17.0. The second-order valence-corrected chi connectivity index (χ2v) is 25.6. The molecule has 1 unspecified atom stereocenters. The van der Waals surface area contributed by atoms with E-state index in [1.54, 1.807) is 0 Å². The van der Waals surface area contributed by atoms with Gasteiger partial charge in [-0.2, -0.15) is 0 Å². The Labute approximate surface area is 513 Å². The number of allylic oxidation sites excluding steroid dienone is 4. The predicted molar refractivity (Wildman–Crippen MR) is 358 cm³/mol. The molecule has 0 radical (unpaired) electrons. The molecule has 0 aromatic carbocycles. The smallest absolute Gasteiger partial charge is 0.306 e. The Balaban J connectivity index is 4.13. The van der Waals surface area contributed by atoms with Gasteiger partial charge < -0.3 is 14.2 Å². The number of esters is 3. The van der Waals surface area contributed by atoms with Crippen molar-refractivity contribution < 1.29 is 28.6 Å². The van der Waals surface area contributed by atoms with E-state index >= 15 is 0 Å². The first-order valence-corrected chi connectivity index (χ1v) is 37.3. The van der Waals surface area contributed by atoms with Crippen molar-refractivity contribution in [2.45, 2.75) is 431 Å². The molecular formula is C76H144O6. The van der Waals surface area contributed by atoms with Crippen LogP contribution in [0.4, 0.5) is 0 Å². The molecule has 0 rings (SSSR count). The molecule has 0 amide bonds. The summed E-state index contributed by atoms with van der Waals surface area (Å²) in [7, 11) is 0. The number of unbranched alkanes of at least 4 members (excludes halogenated alkanes) is 55. The molecule has 0 aliphatic rings. The Morgan fingerprint density at radius 1 is 0.244 bits per heavy atom. The highest BCUT2D eigenvalue weighted by atomic mass is 16.6.